The van der Waals surface area contributed by atoms with E-state index in [0.29, 0.717) is 11.4 Å². The van der Waals surface area contributed by atoms with Crippen molar-refractivity contribution >= 4 is 16.0 Å². The molecule has 0 fully saturated rings. The van der Waals surface area contributed by atoms with Crippen LogP contribution in [0.1, 0.15) is 5.69 Å². The van der Waals surface area contributed by atoms with Gasteiger partial charge in [0.1, 0.15) is 10.6 Å². The number of H-pyrrole nitrogens is 1. The molecule has 3 aromatic rings. The minimum atomic E-state index is -5.02. The number of aromatic nitrogens is 2. The number of hydrogen-bond acceptors (Lipinski definition) is 4. The van der Waals surface area contributed by atoms with Crippen LogP contribution in [0.5, 0.6) is 5.75 Å². The van der Waals surface area contributed by atoms with Crippen LogP contribution >= 0.6 is 0 Å². The zero-order valence-corrected chi connectivity index (χ0v) is 14.7. The molecule has 6 nitrogen and oxygen atoms in total. The second kappa shape index (κ2) is 6.95. The van der Waals surface area contributed by atoms with Gasteiger partial charge >= 0.3 is 6.36 Å². The van der Waals surface area contributed by atoms with Gasteiger partial charge in [-0.2, -0.15) is 0 Å². The Bertz CT molecular complexity index is 1050. The Kier molecular flexibility index (Phi) is 4.83. The topological polar surface area (TPSA) is 84.1 Å². The molecule has 2 aromatic carbocycles. The largest absolute Gasteiger partial charge is 0.573 e. The highest BCUT2D eigenvalue weighted by molar-refractivity contribution is 7.92. The highest BCUT2D eigenvalue weighted by Crippen LogP contribution is 2.31. The molecule has 2 N–H and O–H groups in total. The van der Waals surface area contributed by atoms with E-state index < -0.39 is 27.0 Å². The third-order valence-corrected chi connectivity index (χ3v) is 4.91. The zero-order chi connectivity index (χ0) is 19.7. The Morgan fingerprint density at radius 2 is 1.67 bits per heavy atom. The quantitative estimate of drug-likeness (QED) is 0.679. The lowest BCUT2D eigenvalue weighted by molar-refractivity contribution is -0.275. The molecular formula is C17H14F3N3O3S. The summed E-state index contributed by atoms with van der Waals surface area (Å²) in [6.45, 7) is 1.70. The smallest absolute Gasteiger partial charge is 0.404 e. The van der Waals surface area contributed by atoms with Gasteiger partial charge in [-0.1, -0.05) is 42.5 Å². The maximum Gasteiger partial charge on any atom is 0.573 e. The van der Waals surface area contributed by atoms with Crippen molar-refractivity contribution in [2.24, 2.45) is 0 Å². The van der Waals surface area contributed by atoms with Crippen LogP contribution in [-0.2, 0) is 10.0 Å². The molecular weight excluding hydrogens is 383 g/mol. The van der Waals surface area contributed by atoms with Crippen molar-refractivity contribution in [3.63, 3.8) is 0 Å². The summed E-state index contributed by atoms with van der Waals surface area (Å²) in [7, 11) is -4.37. The highest BCUT2D eigenvalue weighted by atomic mass is 32.2. The molecule has 0 aliphatic rings. The van der Waals surface area contributed by atoms with Crippen LogP contribution < -0.4 is 9.46 Å². The number of imidazole rings is 1. The summed E-state index contributed by atoms with van der Waals surface area (Å²) in [6, 6.07) is 13.5. The number of rotatable bonds is 5. The van der Waals surface area contributed by atoms with E-state index in [9.17, 15) is 21.6 Å². The molecule has 3 rings (SSSR count). The molecule has 0 aliphatic heterocycles. The SMILES string of the molecule is Cc1[nH]c(NS(=O)(=O)c2ccccc2OC(F)(F)F)nc1-c1ccccc1. The predicted molar refractivity (Wildman–Crippen MR) is 92.7 cm³/mol. The van der Waals surface area contributed by atoms with Gasteiger partial charge in [0.15, 0.2) is 0 Å². The van der Waals surface area contributed by atoms with Crippen LogP contribution in [0.15, 0.2) is 59.5 Å². The number of hydrogen-bond donors (Lipinski definition) is 2. The first kappa shape index (κ1) is 18.8. The summed E-state index contributed by atoms with van der Waals surface area (Å²) in [4.78, 5) is 6.30. The lowest BCUT2D eigenvalue weighted by Gasteiger charge is -2.13. The fraction of sp³-hybridized carbons (Fsp3) is 0.118. The van der Waals surface area contributed by atoms with Crippen LogP contribution in [0.25, 0.3) is 11.3 Å². The van der Waals surface area contributed by atoms with Gasteiger partial charge in [0.2, 0.25) is 5.95 Å². The summed E-state index contributed by atoms with van der Waals surface area (Å²) in [5.41, 5.74) is 1.88. The van der Waals surface area contributed by atoms with E-state index in [4.69, 9.17) is 0 Å². The summed E-state index contributed by atoms with van der Waals surface area (Å²) in [5, 5.41) is 0. The average molecular weight is 397 g/mol. The first-order chi connectivity index (χ1) is 12.7. The Balaban J connectivity index is 1.93. The van der Waals surface area contributed by atoms with E-state index in [1.807, 2.05) is 6.07 Å². The van der Waals surface area contributed by atoms with E-state index in [2.05, 4.69) is 19.4 Å². The highest BCUT2D eigenvalue weighted by Gasteiger charge is 2.34. The number of nitrogens with zero attached hydrogens (tertiary/aromatic N) is 1. The van der Waals surface area contributed by atoms with Crippen molar-refractivity contribution in [3.8, 4) is 17.0 Å². The van der Waals surface area contributed by atoms with Gasteiger partial charge in [-0.3, -0.25) is 0 Å². The second-order valence-corrected chi connectivity index (χ2v) is 7.18. The molecule has 0 spiro atoms. The second-order valence-electron chi connectivity index (χ2n) is 5.53. The number of para-hydroxylation sites is 1. The Morgan fingerprint density at radius 1 is 1.04 bits per heavy atom. The monoisotopic (exact) mass is 397 g/mol. The molecule has 0 amide bonds. The first-order valence-corrected chi connectivity index (χ1v) is 9.14. The number of halogens is 3. The molecule has 27 heavy (non-hydrogen) atoms. The molecule has 0 atom stereocenters. The van der Waals surface area contributed by atoms with Crippen LogP contribution in [0, 0.1) is 6.92 Å². The fourth-order valence-corrected chi connectivity index (χ4v) is 3.54. The third kappa shape index (κ3) is 4.40. The van der Waals surface area contributed by atoms with E-state index in [0.717, 1.165) is 17.7 Å². The number of ether oxygens (including phenoxy) is 1. The number of benzene rings is 2. The van der Waals surface area contributed by atoms with Gasteiger partial charge in [-0.25, -0.2) is 18.1 Å². The van der Waals surface area contributed by atoms with Crippen LogP contribution in [0.2, 0.25) is 0 Å². The van der Waals surface area contributed by atoms with Crippen LogP contribution in [-0.4, -0.2) is 24.7 Å². The summed E-state index contributed by atoms with van der Waals surface area (Å²) < 4.78 is 68.6. The summed E-state index contributed by atoms with van der Waals surface area (Å²) >= 11 is 0. The van der Waals surface area contributed by atoms with Crippen molar-refractivity contribution in [1.29, 1.82) is 0 Å². The minimum Gasteiger partial charge on any atom is -0.404 e. The number of anilines is 1. The van der Waals surface area contributed by atoms with Gasteiger partial charge in [0.05, 0.1) is 5.69 Å². The van der Waals surface area contributed by atoms with Gasteiger partial charge < -0.3 is 9.72 Å². The first-order valence-electron chi connectivity index (χ1n) is 7.65. The fourth-order valence-electron chi connectivity index (χ4n) is 2.45. The zero-order valence-electron chi connectivity index (χ0n) is 13.9. The third-order valence-electron chi connectivity index (χ3n) is 3.53. The van der Waals surface area contributed by atoms with E-state index in [-0.39, 0.29) is 5.95 Å². The predicted octanol–water partition coefficient (Wildman–Crippen LogP) is 4.08. The number of nitrogens with one attached hydrogen (secondary N) is 2. The summed E-state index contributed by atoms with van der Waals surface area (Å²) in [6.07, 6.45) is -5.02. The molecule has 1 heterocycles. The number of alkyl halides is 3. The number of aryl methyl sites for hydroxylation is 1. The number of aromatic amines is 1. The van der Waals surface area contributed by atoms with Crippen molar-refractivity contribution in [1.82, 2.24) is 9.97 Å². The lowest BCUT2D eigenvalue weighted by atomic mass is 10.1. The van der Waals surface area contributed by atoms with E-state index in [1.54, 1.807) is 31.2 Å². The Labute approximate surface area is 153 Å². The molecule has 0 radical (unpaired) electrons. The Morgan fingerprint density at radius 3 is 2.33 bits per heavy atom. The van der Waals surface area contributed by atoms with Crippen molar-refractivity contribution in [2.75, 3.05) is 4.72 Å². The van der Waals surface area contributed by atoms with Crippen LogP contribution in [0.4, 0.5) is 19.1 Å². The standard InChI is InChI=1S/C17H14F3N3O3S/c1-11-15(12-7-3-2-4-8-12)22-16(21-11)23-27(24,25)14-10-6-5-9-13(14)26-17(18,19)20/h2-10H,1H3,(H2,21,22,23). The Hall–Kier alpha value is -3.01. The average Bonchev–Trinajstić information content (AvgIpc) is 2.94. The van der Waals surface area contributed by atoms with Gasteiger partial charge in [0.25, 0.3) is 10.0 Å². The van der Waals surface area contributed by atoms with E-state index >= 15 is 0 Å². The molecule has 0 bridgehead atoms. The minimum absolute atomic E-state index is 0.117. The normalized spacial score (nSPS) is 12.0. The van der Waals surface area contributed by atoms with Crippen molar-refractivity contribution in [3.05, 3.63) is 60.3 Å². The van der Waals surface area contributed by atoms with E-state index in [1.165, 1.54) is 12.1 Å². The van der Waals surface area contributed by atoms with Crippen LogP contribution in [0.3, 0.4) is 0 Å². The molecule has 142 valence electrons. The van der Waals surface area contributed by atoms with Gasteiger partial charge in [-0.05, 0) is 19.1 Å². The van der Waals surface area contributed by atoms with Gasteiger partial charge in [0, 0.05) is 11.3 Å². The summed E-state index contributed by atoms with van der Waals surface area (Å²) in [5.74, 6) is -0.947. The molecule has 0 saturated carbocycles. The van der Waals surface area contributed by atoms with Gasteiger partial charge in [-0.15, -0.1) is 13.2 Å². The van der Waals surface area contributed by atoms with Crippen molar-refractivity contribution in [2.45, 2.75) is 18.2 Å². The number of sulfonamides is 1. The maximum absolute atomic E-state index is 12.5. The molecule has 0 aliphatic carbocycles. The molecule has 0 saturated heterocycles. The lowest BCUT2D eigenvalue weighted by Crippen LogP contribution is -2.21. The molecule has 10 heteroatoms. The molecule has 0 unspecified atom stereocenters. The van der Waals surface area contributed by atoms with Crippen molar-refractivity contribution < 1.29 is 26.3 Å². The maximum atomic E-state index is 12.5. The molecule has 1 aromatic heterocycles.